The molecular formula is C14H24N4O3. The molecule has 0 unspecified atom stereocenters. The summed E-state index contributed by atoms with van der Waals surface area (Å²) >= 11 is 0. The summed E-state index contributed by atoms with van der Waals surface area (Å²) in [5.41, 5.74) is 7.30. The summed E-state index contributed by atoms with van der Waals surface area (Å²) in [7, 11) is 3.02. The molecule has 1 aromatic heterocycles. The monoisotopic (exact) mass is 296 g/mol. The van der Waals surface area contributed by atoms with Crippen LogP contribution in [0.5, 0.6) is 0 Å². The number of anilines is 1. The first-order valence-electron chi connectivity index (χ1n) is 6.93. The van der Waals surface area contributed by atoms with E-state index in [1.54, 1.807) is 18.9 Å². The highest BCUT2D eigenvalue weighted by Gasteiger charge is 2.24. The van der Waals surface area contributed by atoms with Gasteiger partial charge < -0.3 is 15.4 Å². The largest absolute Gasteiger partial charge is 0.469 e. The van der Waals surface area contributed by atoms with Crippen LogP contribution in [0.25, 0.3) is 0 Å². The van der Waals surface area contributed by atoms with Crippen molar-refractivity contribution in [2.45, 2.75) is 27.2 Å². The number of carbonyl (C=O) groups is 2. The number of aromatic nitrogens is 2. The lowest BCUT2D eigenvalue weighted by Gasteiger charge is -2.24. The summed E-state index contributed by atoms with van der Waals surface area (Å²) in [5, 5.41) is 4.16. The van der Waals surface area contributed by atoms with Gasteiger partial charge in [-0.3, -0.25) is 14.3 Å². The molecule has 0 radical (unpaired) electrons. The molecule has 1 amide bonds. The Balaban J connectivity index is 2.96. The first-order valence-corrected chi connectivity index (χ1v) is 6.93. The maximum atomic E-state index is 12.7. The number of amides is 1. The Bertz CT molecular complexity index is 523. The van der Waals surface area contributed by atoms with Crippen molar-refractivity contribution in [3.8, 4) is 0 Å². The van der Waals surface area contributed by atoms with Gasteiger partial charge in [0.05, 0.1) is 24.9 Å². The number of aryl methyl sites for hydroxylation is 2. The standard InChI is InChI=1S/C14H24N4O3/c1-9(2)8-18(7-6-11(19)21-5)14(20)13-12(15)10(3)16-17(13)4/h9H,6-8,15H2,1-5H3. The van der Waals surface area contributed by atoms with Gasteiger partial charge >= 0.3 is 5.97 Å². The molecule has 2 N–H and O–H groups in total. The summed E-state index contributed by atoms with van der Waals surface area (Å²) in [4.78, 5) is 25.6. The molecule has 1 rings (SSSR count). The van der Waals surface area contributed by atoms with Crippen LogP contribution in [0.15, 0.2) is 0 Å². The molecule has 1 heterocycles. The molecule has 0 aliphatic carbocycles. The molecule has 0 bridgehead atoms. The molecule has 0 spiro atoms. The second-order valence-electron chi connectivity index (χ2n) is 5.44. The van der Waals surface area contributed by atoms with Gasteiger partial charge in [-0.25, -0.2) is 0 Å². The number of nitrogens with two attached hydrogens (primary N) is 1. The van der Waals surface area contributed by atoms with Gasteiger partial charge in [-0.2, -0.15) is 5.10 Å². The second kappa shape index (κ2) is 7.10. The van der Waals surface area contributed by atoms with Crippen LogP contribution in [-0.2, 0) is 16.6 Å². The van der Waals surface area contributed by atoms with Gasteiger partial charge in [-0.1, -0.05) is 13.8 Å². The van der Waals surface area contributed by atoms with E-state index < -0.39 is 0 Å². The summed E-state index contributed by atoms with van der Waals surface area (Å²) in [6, 6.07) is 0. The van der Waals surface area contributed by atoms with Crippen LogP contribution in [0.2, 0.25) is 0 Å². The van der Waals surface area contributed by atoms with Crippen molar-refractivity contribution in [3.05, 3.63) is 11.4 Å². The summed E-state index contributed by atoms with van der Waals surface area (Å²) in [6.45, 7) is 6.62. The number of nitrogen functional groups attached to an aromatic ring is 1. The number of ether oxygens (including phenoxy) is 1. The highest BCUT2D eigenvalue weighted by molar-refractivity contribution is 5.98. The average Bonchev–Trinajstić information content (AvgIpc) is 2.66. The van der Waals surface area contributed by atoms with Crippen LogP contribution in [-0.4, -0.2) is 46.8 Å². The first kappa shape index (κ1) is 17.0. The zero-order valence-electron chi connectivity index (χ0n) is 13.3. The van der Waals surface area contributed by atoms with Crippen molar-refractivity contribution in [2.24, 2.45) is 13.0 Å². The predicted octanol–water partition coefficient (Wildman–Crippen LogP) is 0.972. The Morgan fingerprint density at radius 1 is 1.43 bits per heavy atom. The molecule has 1 aromatic rings. The summed E-state index contributed by atoms with van der Waals surface area (Å²) in [5.74, 6) is -0.277. The minimum atomic E-state index is -0.342. The minimum Gasteiger partial charge on any atom is -0.469 e. The third-order valence-electron chi connectivity index (χ3n) is 3.16. The van der Waals surface area contributed by atoms with Crippen LogP contribution >= 0.6 is 0 Å². The Kier molecular flexibility index (Phi) is 5.75. The van der Waals surface area contributed by atoms with E-state index in [0.29, 0.717) is 30.2 Å². The number of methoxy groups -OCH3 is 1. The zero-order valence-corrected chi connectivity index (χ0v) is 13.3. The summed E-state index contributed by atoms with van der Waals surface area (Å²) < 4.78 is 6.11. The van der Waals surface area contributed by atoms with E-state index >= 15 is 0 Å². The minimum absolute atomic E-state index is 0.158. The topological polar surface area (TPSA) is 90.4 Å². The Hall–Kier alpha value is -2.05. The van der Waals surface area contributed by atoms with E-state index in [4.69, 9.17) is 5.73 Å². The lowest BCUT2D eigenvalue weighted by atomic mass is 10.2. The lowest BCUT2D eigenvalue weighted by Crippen LogP contribution is -2.37. The third-order valence-corrected chi connectivity index (χ3v) is 3.16. The fraction of sp³-hybridized carbons (Fsp3) is 0.643. The van der Waals surface area contributed by atoms with E-state index in [1.807, 2.05) is 13.8 Å². The molecule has 7 heteroatoms. The van der Waals surface area contributed by atoms with Crippen LogP contribution in [0.4, 0.5) is 5.69 Å². The molecular weight excluding hydrogens is 272 g/mol. The van der Waals surface area contributed by atoms with Crippen LogP contribution < -0.4 is 5.73 Å². The Labute approximate surface area is 125 Å². The maximum Gasteiger partial charge on any atom is 0.307 e. The highest BCUT2D eigenvalue weighted by Crippen LogP contribution is 2.18. The fourth-order valence-electron chi connectivity index (χ4n) is 2.12. The molecule has 0 aromatic carbocycles. The molecule has 0 aliphatic heterocycles. The molecule has 118 valence electrons. The number of hydrogen-bond acceptors (Lipinski definition) is 5. The van der Waals surface area contributed by atoms with Crippen LogP contribution in [0.1, 0.15) is 36.5 Å². The lowest BCUT2D eigenvalue weighted by molar-refractivity contribution is -0.140. The van der Waals surface area contributed by atoms with Crippen molar-refractivity contribution in [1.82, 2.24) is 14.7 Å². The normalized spacial score (nSPS) is 10.8. The van der Waals surface area contributed by atoms with Crippen molar-refractivity contribution < 1.29 is 14.3 Å². The van der Waals surface area contributed by atoms with E-state index in [1.165, 1.54) is 11.8 Å². The third kappa shape index (κ3) is 4.21. The van der Waals surface area contributed by atoms with Gasteiger partial charge in [0.1, 0.15) is 5.69 Å². The quantitative estimate of drug-likeness (QED) is 0.790. The van der Waals surface area contributed by atoms with E-state index in [9.17, 15) is 9.59 Å². The van der Waals surface area contributed by atoms with Crippen LogP contribution in [0.3, 0.4) is 0 Å². The first-order chi connectivity index (χ1) is 9.77. The molecule has 0 saturated heterocycles. The maximum absolute atomic E-state index is 12.7. The second-order valence-corrected chi connectivity index (χ2v) is 5.44. The number of esters is 1. The number of carbonyl (C=O) groups excluding carboxylic acids is 2. The van der Waals surface area contributed by atoms with Gasteiger partial charge in [0.15, 0.2) is 0 Å². The SMILES string of the molecule is COC(=O)CCN(CC(C)C)C(=O)c1c(N)c(C)nn1C. The van der Waals surface area contributed by atoms with Crippen molar-refractivity contribution >= 4 is 17.6 Å². The smallest absolute Gasteiger partial charge is 0.307 e. The number of hydrogen-bond donors (Lipinski definition) is 1. The molecule has 0 aliphatic rings. The number of nitrogens with zero attached hydrogens (tertiary/aromatic N) is 3. The van der Waals surface area contributed by atoms with Crippen molar-refractivity contribution in [1.29, 1.82) is 0 Å². The van der Waals surface area contributed by atoms with Gasteiger partial charge in [0.25, 0.3) is 5.91 Å². The van der Waals surface area contributed by atoms with E-state index in [0.717, 1.165) is 0 Å². The van der Waals surface area contributed by atoms with Crippen molar-refractivity contribution in [2.75, 3.05) is 25.9 Å². The average molecular weight is 296 g/mol. The molecule has 0 atom stereocenters. The van der Waals surface area contributed by atoms with Gasteiger partial charge in [0.2, 0.25) is 0 Å². The fourth-order valence-corrected chi connectivity index (χ4v) is 2.12. The Morgan fingerprint density at radius 2 is 2.05 bits per heavy atom. The molecule has 7 nitrogen and oxygen atoms in total. The van der Waals surface area contributed by atoms with Gasteiger partial charge in [-0.05, 0) is 12.8 Å². The molecule has 21 heavy (non-hydrogen) atoms. The van der Waals surface area contributed by atoms with E-state index in [2.05, 4.69) is 9.84 Å². The predicted molar refractivity (Wildman–Crippen MR) is 79.7 cm³/mol. The summed E-state index contributed by atoms with van der Waals surface area (Å²) in [6.07, 6.45) is 0.158. The Morgan fingerprint density at radius 3 is 2.48 bits per heavy atom. The van der Waals surface area contributed by atoms with E-state index in [-0.39, 0.29) is 24.2 Å². The van der Waals surface area contributed by atoms with Crippen LogP contribution in [0, 0.1) is 12.8 Å². The molecule has 0 fully saturated rings. The van der Waals surface area contributed by atoms with Gasteiger partial charge in [0, 0.05) is 20.1 Å². The number of rotatable bonds is 6. The zero-order chi connectivity index (χ0) is 16.2. The highest BCUT2D eigenvalue weighted by atomic mass is 16.5. The molecule has 0 saturated carbocycles. The van der Waals surface area contributed by atoms with Crippen molar-refractivity contribution in [3.63, 3.8) is 0 Å². The van der Waals surface area contributed by atoms with Gasteiger partial charge in [-0.15, -0.1) is 0 Å².